The third kappa shape index (κ3) is 3.08. The van der Waals surface area contributed by atoms with Crippen molar-refractivity contribution in [1.82, 2.24) is 19.8 Å². The smallest absolute Gasteiger partial charge is 0.407 e. The van der Waals surface area contributed by atoms with Gasteiger partial charge in [-0.15, -0.1) is 0 Å². The SMILES string of the molecule is CN(C(=O)O)C12CCC(Cn3c1nc(C(=O)NCc1ccc(F)cc1)c(O)c3=O)C2. The Kier molecular flexibility index (Phi) is 4.71. The first kappa shape index (κ1) is 19.9. The molecule has 2 aromatic rings. The lowest BCUT2D eigenvalue weighted by Crippen LogP contribution is -2.51. The van der Waals surface area contributed by atoms with Crippen molar-refractivity contribution in [2.75, 3.05) is 7.05 Å². The van der Waals surface area contributed by atoms with Crippen LogP contribution in [0.15, 0.2) is 29.1 Å². The molecule has 4 rings (SSSR count). The maximum absolute atomic E-state index is 13.0. The summed E-state index contributed by atoms with van der Waals surface area (Å²) in [5.41, 5.74) is -1.61. The molecule has 30 heavy (non-hydrogen) atoms. The molecule has 1 aliphatic carbocycles. The molecule has 2 unspecified atom stereocenters. The highest BCUT2D eigenvalue weighted by atomic mass is 19.1. The van der Waals surface area contributed by atoms with Crippen LogP contribution in [0.1, 0.15) is 41.1 Å². The Morgan fingerprint density at radius 3 is 2.73 bits per heavy atom. The summed E-state index contributed by atoms with van der Waals surface area (Å²) in [6, 6.07) is 5.51. The number of hydrogen-bond acceptors (Lipinski definition) is 5. The largest absolute Gasteiger partial charge is 0.501 e. The molecule has 1 fully saturated rings. The first-order valence-corrected chi connectivity index (χ1v) is 9.56. The number of amides is 2. The van der Waals surface area contributed by atoms with Crippen LogP contribution in [-0.2, 0) is 18.6 Å². The number of rotatable bonds is 4. The number of halogens is 1. The summed E-state index contributed by atoms with van der Waals surface area (Å²) in [4.78, 5) is 42.6. The number of carbonyl (C=O) groups is 2. The third-order valence-electron chi connectivity index (χ3n) is 6.11. The first-order chi connectivity index (χ1) is 14.2. The Morgan fingerprint density at radius 2 is 2.07 bits per heavy atom. The molecule has 2 atom stereocenters. The normalized spacial score (nSPS) is 21.7. The van der Waals surface area contributed by atoms with Gasteiger partial charge in [-0.3, -0.25) is 19.1 Å². The van der Waals surface area contributed by atoms with E-state index in [4.69, 9.17) is 0 Å². The predicted octanol–water partition coefficient (Wildman–Crippen LogP) is 1.64. The molecule has 2 amide bonds. The number of nitrogens with one attached hydrogen (secondary N) is 1. The molecule has 0 radical (unpaired) electrons. The molecule has 0 saturated heterocycles. The molecule has 1 aromatic carbocycles. The monoisotopic (exact) mass is 416 g/mol. The van der Waals surface area contributed by atoms with Crippen molar-refractivity contribution in [3.63, 3.8) is 0 Å². The molecular formula is C20H21FN4O5. The average molecular weight is 416 g/mol. The second-order valence-electron chi connectivity index (χ2n) is 7.84. The summed E-state index contributed by atoms with van der Waals surface area (Å²) in [6.07, 6.45) is 0.541. The van der Waals surface area contributed by atoms with E-state index in [0.29, 0.717) is 31.4 Å². The standard InChI is InChI=1S/C20H21FN4O5/c1-24(19(29)30)20-7-6-12(8-20)10-25-17(28)15(26)14(23-18(20)25)16(27)22-9-11-2-4-13(21)5-3-11/h2-5,12,26H,6-10H2,1H3,(H,22,27)(H,29,30). The lowest BCUT2D eigenvalue weighted by Gasteiger charge is -2.40. The first-order valence-electron chi connectivity index (χ1n) is 9.56. The van der Waals surface area contributed by atoms with Crippen molar-refractivity contribution in [3.05, 3.63) is 57.5 Å². The van der Waals surface area contributed by atoms with Gasteiger partial charge in [-0.05, 0) is 42.9 Å². The minimum Gasteiger partial charge on any atom is -0.501 e. The molecule has 1 saturated carbocycles. The van der Waals surface area contributed by atoms with Crippen molar-refractivity contribution in [2.45, 2.75) is 37.9 Å². The highest BCUT2D eigenvalue weighted by Gasteiger charge is 2.52. The van der Waals surface area contributed by atoms with Gasteiger partial charge in [-0.2, -0.15) is 0 Å². The fourth-order valence-corrected chi connectivity index (χ4v) is 4.48. The Hall–Kier alpha value is -3.43. The molecule has 2 bridgehead atoms. The summed E-state index contributed by atoms with van der Waals surface area (Å²) in [5.74, 6) is -1.68. The number of carbonyl (C=O) groups excluding carboxylic acids is 1. The van der Waals surface area contributed by atoms with Gasteiger partial charge in [0.25, 0.3) is 11.5 Å². The molecule has 1 aromatic heterocycles. The summed E-state index contributed by atoms with van der Waals surface area (Å²) >= 11 is 0. The topological polar surface area (TPSA) is 125 Å². The number of aromatic nitrogens is 2. The fraction of sp³-hybridized carbons (Fsp3) is 0.400. The Morgan fingerprint density at radius 1 is 1.37 bits per heavy atom. The second kappa shape index (κ2) is 7.12. The van der Waals surface area contributed by atoms with Crippen LogP contribution >= 0.6 is 0 Å². The van der Waals surface area contributed by atoms with E-state index in [9.17, 15) is 29.0 Å². The maximum Gasteiger partial charge on any atom is 0.407 e. The summed E-state index contributed by atoms with van der Waals surface area (Å²) in [7, 11) is 1.42. The zero-order valence-electron chi connectivity index (χ0n) is 16.3. The van der Waals surface area contributed by atoms with Crippen LogP contribution in [0.5, 0.6) is 5.75 Å². The lowest BCUT2D eigenvalue weighted by atomic mass is 9.89. The van der Waals surface area contributed by atoms with Crippen molar-refractivity contribution in [1.29, 1.82) is 0 Å². The van der Waals surface area contributed by atoms with Crippen molar-refractivity contribution in [3.8, 4) is 5.75 Å². The van der Waals surface area contributed by atoms with Crippen LogP contribution in [0, 0.1) is 11.7 Å². The number of hydrogen-bond donors (Lipinski definition) is 3. The molecule has 2 aliphatic rings. The van der Waals surface area contributed by atoms with E-state index in [1.165, 1.54) is 35.9 Å². The van der Waals surface area contributed by atoms with E-state index in [-0.39, 0.29) is 18.3 Å². The van der Waals surface area contributed by atoms with Gasteiger partial charge in [0, 0.05) is 20.1 Å². The van der Waals surface area contributed by atoms with Crippen molar-refractivity contribution >= 4 is 12.0 Å². The van der Waals surface area contributed by atoms with Gasteiger partial charge in [0.05, 0.1) is 0 Å². The van der Waals surface area contributed by atoms with Gasteiger partial charge in [-0.1, -0.05) is 12.1 Å². The van der Waals surface area contributed by atoms with Crippen LogP contribution in [0.2, 0.25) is 0 Å². The summed E-state index contributed by atoms with van der Waals surface area (Å²) < 4.78 is 14.3. The average Bonchev–Trinajstić information content (AvgIpc) is 3.08. The number of benzene rings is 1. The van der Waals surface area contributed by atoms with Crippen LogP contribution in [0.25, 0.3) is 0 Å². The van der Waals surface area contributed by atoms with Gasteiger partial charge >= 0.3 is 6.09 Å². The Labute approximate surface area is 170 Å². The second-order valence-corrected chi connectivity index (χ2v) is 7.84. The molecule has 1 aliphatic heterocycles. The molecule has 9 nitrogen and oxygen atoms in total. The van der Waals surface area contributed by atoms with E-state index in [1.54, 1.807) is 0 Å². The van der Waals surface area contributed by atoms with Crippen LogP contribution in [0.3, 0.4) is 0 Å². The van der Waals surface area contributed by atoms with Gasteiger partial charge < -0.3 is 15.5 Å². The maximum atomic E-state index is 13.0. The molecular weight excluding hydrogens is 395 g/mol. The number of aromatic hydroxyl groups is 1. The zero-order chi connectivity index (χ0) is 21.6. The lowest BCUT2D eigenvalue weighted by molar-refractivity contribution is 0.0743. The minimum atomic E-state index is -1.16. The summed E-state index contributed by atoms with van der Waals surface area (Å²) in [5, 5.41) is 22.5. The van der Waals surface area contributed by atoms with Gasteiger partial charge in [0.2, 0.25) is 5.75 Å². The number of carboxylic acid groups (broad SMARTS) is 1. The molecule has 10 heteroatoms. The third-order valence-corrected chi connectivity index (χ3v) is 6.11. The van der Waals surface area contributed by atoms with Gasteiger partial charge in [0.1, 0.15) is 17.2 Å². The minimum absolute atomic E-state index is 0.0426. The number of fused-ring (bicyclic) bond motifs is 4. The highest BCUT2D eigenvalue weighted by molar-refractivity contribution is 5.94. The van der Waals surface area contributed by atoms with Crippen molar-refractivity contribution in [2.24, 2.45) is 5.92 Å². The molecule has 158 valence electrons. The van der Waals surface area contributed by atoms with Gasteiger partial charge in [-0.25, -0.2) is 14.2 Å². The van der Waals surface area contributed by atoms with E-state index >= 15 is 0 Å². The molecule has 0 spiro atoms. The van der Waals surface area contributed by atoms with E-state index < -0.39 is 40.4 Å². The van der Waals surface area contributed by atoms with E-state index in [1.807, 2.05) is 0 Å². The van der Waals surface area contributed by atoms with E-state index in [0.717, 1.165) is 4.90 Å². The predicted molar refractivity (Wildman–Crippen MR) is 103 cm³/mol. The zero-order valence-corrected chi connectivity index (χ0v) is 16.3. The van der Waals surface area contributed by atoms with Crippen LogP contribution in [-0.4, -0.2) is 43.7 Å². The fourth-order valence-electron chi connectivity index (χ4n) is 4.48. The Bertz CT molecular complexity index is 1080. The van der Waals surface area contributed by atoms with Crippen molar-refractivity contribution < 1.29 is 24.2 Å². The molecule has 3 N–H and O–H groups in total. The van der Waals surface area contributed by atoms with Crippen LogP contribution in [0.4, 0.5) is 9.18 Å². The number of nitrogens with zero attached hydrogens (tertiary/aromatic N) is 3. The van der Waals surface area contributed by atoms with E-state index in [2.05, 4.69) is 10.3 Å². The quantitative estimate of drug-likeness (QED) is 0.696. The summed E-state index contributed by atoms with van der Waals surface area (Å²) in [6.45, 7) is 0.363. The highest BCUT2D eigenvalue weighted by Crippen LogP contribution is 2.49. The van der Waals surface area contributed by atoms with Crippen LogP contribution < -0.4 is 10.9 Å². The Balaban J connectivity index is 1.71. The van der Waals surface area contributed by atoms with Gasteiger partial charge in [0.15, 0.2) is 5.69 Å². The molecule has 2 heterocycles.